The molecule has 0 saturated carbocycles. The average Bonchev–Trinajstić information content (AvgIpc) is 3.16. The Morgan fingerprint density at radius 2 is 1.87 bits per heavy atom. The van der Waals surface area contributed by atoms with Crippen molar-refractivity contribution in [1.82, 2.24) is 4.31 Å². The number of sulfonamides is 1. The number of halogens is 1. The number of anilines is 1. The maximum atomic E-state index is 12.9. The Balaban J connectivity index is 1.71. The molecule has 0 unspecified atom stereocenters. The van der Waals surface area contributed by atoms with E-state index in [0.717, 1.165) is 24.1 Å². The fourth-order valence-electron chi connectivity index (χ4n) is 3.07. The van der Waals surface area contributed by atoms with Crippen molar-refractivity contribution in [1.29, 1.82) is 0 Å². The number of carbonyl (C=O) groups excluding carboxylic acids is 2. The van der Waals surface area contributed by atoms with Crippen LogP contribution in [-0.2, 0) is 19.6 Å². The lowest BCUT2D eigenvalue weighted by molar-refractivity contribution is -0.123. The second-order valence-electron chi connectivity index (χ2n) is 7.05. The van der Waals surface area contributed by atoms with Gasteiger partial charge in [0.25, 0.3) is 5.91 Å². The van der Waals surface area contributed by atoms with Gasteiger partial charge in [0.2, 0.25) is 10.0 Å². The lowest BCUT2D eigenvalue weighted by atomic mass is 10.2. The smallest absolute Gasteiger partial charge is 0.349 e. The first-order valence-corrected chi connectivity index (χ1v) is 12.2. The molecule has 0 bridgehead atoms. The van der Waals surface area contributed by atoms with E-state index < -0.39 is 28.0 Å². The number of thiophene rings is 1. The van der Waals surface area contributed by atoms with Crippen molar-refractivity contribution in [2.24, 2.45) is 0 Å². The highest BCUT2D eigenvalue weighted by molar-refractivity contribution is 7.89. The van der Waals surface area contributed by atoms with Crippen LogP contribution in [0, 0.1) is 6.92 Å². The molecule has 30 heavy (non-hydrogen) atoms. The molecule has 1 aliphatic rings. The summed E-state index contributed by atoms with van der Waals surface area (Å²) in [7, 11) is -3.67. The summed E-state index contributed by atoms with van der Waals surface area (Å²) in [6.45, 7) is 4.25. The van der Waals surface area contributed by atoms with Gasteiger partial charge in [-0.1, -0.05) is 18.0 Å². The van der Waals surface area contributed by atoms with Crippen LogP contribution in [0.2, 0.25) is 5.02 Å². The van der Waals surface area contributed by atoms with E-state index in [4.69, 9.17) is 16.3 Å². The van der Waals surface area contributed by atoms with Gasteiger partial charge >= 0.3 is 5.97 Å². The predicted molar refractivity (Wildman–Crippen MR) is 117 cm³/mol. The number of rotatable bonds is 6. The zero-order chi connectivity index (χ0) is 21.9. The van der Waals surface area contributed by atoms with Crippen LogP contribution in [0.25, 0.3) is 0 Å². The van der Waals surface area contributed by atoms with Gasteiger partial charge in [-0.25, -0.2) is 13.2 Å². The van der Waals surface area contributed by atoms with E-state index >= 15 is 0 Å². The molecule has 1 aliphatic heterocycles. The molecule has 7 nitrogen and oxygen atoms in total. The molecule has 2 heterocycles. The van der Waals surface area contributed by atoms with Crippen LogP contribution < -0.4 is 5.32 Å². The number of ether oxygens (including phenoxy) is 1. The van der Waals surface area contributed by atoms with Crippen molar-refractivity contribution in [2.75, 3.05) is 18.4 Å². The molecule has 1 amide bonds. The third kappa shape index (κ3) is 5.21. The van der Waals surface area contributed by atoms with E-state index in [-0.39, 0.29) is 15.6 Å². The fourth-order valence-corrected chi connectivity index (χ4v) is 5.52. The molecule has 1 aromatic heterocycles. The molecule has 2 aromatic rings. The molecular weight excluding hydrogens is 448 g/mol. The van der Waals surface area contributed by atoms with Crippen LogP contribution in [-0.4, -0.2) is 43.8 Å². The third-order valence-corrected chi connectivity index (χ3v) is 7.95. The van der Waals surface area contributed by atoms with Gasteiger partial charge in [0.1, 0.15) is 4.88 Å². The molecule has 10 heteroatoms. The van der Waals surface area contributed by atoms with Crippen LogP contribution in [0.1, 0.15) is 40.7 Å². The van der Waals surface area contributed by atoms with Crippen LogP contribution >= 0.6 is 22.9 Å². The van der Waals surface area contributed by atoms with Gasteiger partial charge in [0, 0.05) is 18.0 Å². The molecule has 1 aromatic carbocycles. The second kappa shape index (κ2) is 9.47. The monoisotopic (exact) mass is 470 g/mol. The lowest BCUT2D eigenvalue weighted by Gasteiger charge is -2.26. The van der Waals surface area contributed by atoms with Crippen molar-refractivity contribution in [3.8, 4) is 0 Å². The summed E-state index contributed by atoms with van der Waals surface area (Å²) in [6.07, 6.45) is 1.57. The number of piperidine rings is 1. The highest BCUT2D eigenvalue weighted by Gasteiger charge is 2.27. The molecule has 3 rings (SSSR count). The number of nitrogens with zero attached hydrogens (tertiary/aromatic N) is 1. The van der Waals surface area contributed by atoms with Gasteiger partial charge in [-0.05, 0) is 57.0 Å². The normalized spacial score (nSPS) is 16.1. The van der Waals surface area contributed by atoms with Gasteiger partial charge < -0.3 is 10.1 Å². The maximum absolute atomic E-state index is 12.9. The molecule has 0 spiro atoms. The van der Waals surface area contributed by atoms with E-state index in [1.165, 1.54) is 40.8 Å². The van der Waals surface area contributed by atoms with Gasteiger partial charge in [0.15, 0.2) is 6.10 Å². The molecule has 1 N–H and O–H groups in total. The molecule has 0 aliphatic carbocycles. The highest BCUT2D eigenvalue weighted by Crippen LogP contribution is 2.28. The summed E-state index contributed by atoms with van der Waals surface area (Å²) in [4.78, 5) is 26.1. The molecule has 0 radical (unpaired) electrons. The number of carbonyl (C=O) groups is 2. The quantitative estimate of drug-likeness (QED) is 0.642. The van der Waals surface area contributed by atoms with E-state index in [1.54, 1.807) is 12.1 Å². The number of aryl methyl sites for hydroxylation is 1. The first-order valence-electron chi connectivity index (χ1n) is 9.56. The summed E-state index contributed by atoms with van der Waals surface area (Å²) in [5.74, 6) is -1.20. The number of hydrogen-bond donors (Lipinski definition) is 1. The minimum absolute atomic E-state index is 0.0582. The van der Waals surface area contributed by atoms with Crippen LogP contribution in [0.3, 0.4) is 0 Å². The Bertz CT molecular complexity index is 1050. The first kappa shape index (κ1) is 22.7. The fraction of sp³-hybridized carbons (Fsp3) is 0.400. The number of amides is 1. The molecule has 1 fully saturated rings. The number of nitrogens with one attached hydrogen (secondary N) is 1. The summed E-state index contributed by atoms with van der Waals surface area (Å²) in [5.41, 5.74) is 0.148. The van der Waals surface area contributed by atoms with Gasteiger partial charge in [-0.3, -0.25) is 4.79 Å². The zero-order valence-electron chi connectivity index (χ0n) is 16.7. The maximum Gasteiger partial charge on any atom is 0.349 e. The van der Waals surface area contributed by atoms with Crippen molar-refractivity contribution in [3.63, 3.8) is 0 Å². The Labute approximate surface area is 185 Å². The summed E-state index contributed by atoms with van der Waals surface area (Å²) >= 11 is 7.43. The van der Waals surface area contributed by atoms with E-state index in [2.05, 4.69) is 5.32 Å². The van der Waals surface area contributed by atoms with Crippen LogP contribution in [0.15, 0.2) is 35.2 Å². The van der Waals surface area contributed by atoms with Crippen molar-refractivity contribution >= 4 is 50.5 Å². The minimum Gasteiger partial charge on any atom is -0.448 e. The number of esters is 1. The Hall–Kier alpha value is -1.94. The SMILES string of the molecule is Cc1ccc(C(=O)O[C@@H](C)C(=O)Nc2cc(S(=O)(=O)N3CCCCC3)ccc2Cl)s1. The topological polar surface area (TPSA) is 92.8 Å². The Kier molecular flexibility index (Phi) is 7.18. The van der Waals surface area contributed by atoms with Gasteiger partial charge in [-0.15, -0.1) is 11.3 Å². The Morgan fingerprint density at radius 1 is 1.17 bits per heavy atom. The molecular formula is C20H23ClN2O5S2. The van der Waals surface area contributed by atoms with Crippen LogP contribution in [0.4, 0.5) is 5.69 Å². The van der Waals surface area contributed by atoms with E-state index in [9.17, 15) is 18.0 Å². The number of hydrogen-bond acceptors (Lipinski definition) is 6. The average molecular weight is 471 g/mol. The molecule has 1 saturated heterocycles. The number of benzene rings is 1. The summed E-state index contributed by atoms with van der Waals surface area (Å²) < 4.78 is 32.4. The third-order valence-electron chi connectivity index (χ3n) is 4.74. The largest absolute Gasteiger partial charge is 0.448 e. The van der Waals surface area contributed by atoms with E-state index in [0.29, 0.717) is 18.0 Å². The van der Waals surface area contributed by atoms with Crippen LogP contribution in [0.5, 0.6) is 0 Å². The van der Waals surface area contributed by atoms with E-state index in [1.807, 2.05) is 6.92 Å². The summed E-state index contributed by atoms with van der Waals surface area (Å²) in [6, 6.07) is 7.61. The molecule has 1 atom stereocenters. The van der Waals surface area contributed by atoms with Gasteiger partial charge in [-0.2, -0.15) is 4.31 Å². The first-order chi connectivity index (χ1) is 14.2. The summed E-state index contributed by atoms with van der Waals surface area (Å²) in [5, 5.41) is 2.75. The standard InChI is InChI=1S/C20H23ClN2O5S2/c1-13-6-9-18(29-13)20(25)28-14(2)19(24)22-17-12-15(7-8-16(17)21)30(26,27)23-10-4-3-5-11-23/h6-9,12,14H,3-5,10-11H2,1-2H3,(H,22,24)/t14-/m0/s1. The van der Waals surface area contributed by atoms with Crippen molar-refractivity contribution in [2.45, 2.75) is 44.1 Å². The predicted octanol–water partition coefficient (Wildman–Crippen LogP) is 4.07. The molecule has 162 valence electrons. The second-order valence-corrected chi connectivity index (χ2v) is 10.7. The highest BCUT2D eigenvalue weighted by atomic mass is 35.5. The zero-order valence-corrected chi connectivity index (χ0v) is 19.1. The Morgan fingerprint density at radius 3 is 2.50 bits per heavy atom. The minimum atomic E-state index is -3.67. The van der Waals surface area contributed by atoms with Crippen molar-refractivity contribution < 1.29 is 22.7 Å². The van der Waals surface area contributed by atoms with Crippen molar-refractivity contribution in [3.05, 3.63) is 45.1 Å². The lowest BCUT2D eigenvalue weighted by Crippen LogP contribution is -2.35. The van der Waals surface area contributed by atoms with Gasteiger partial charge in [0.05, 0.1) is 15.6 Å².